The first-order chi connectivity index (χ1) is 26.8. The minimum Gasteiger partial charge on any atom is -0.381 e. The van der Waals surface area contributed by atoms with Gasteiger partial charge in [0.2, 0.25) is 17.8 Å². The number of hydrogen-bond donors (Lipinski definition) is 3. The number of carbonyl (C=O) groups excluding carboxylic acids is 2. The van der Waals surface area contributed by atoms with E-state index in [0.717, 1.165) is 125 Å². The molecule has 4 fully saturated rings. The zero-order valence-corrected chi connectivity index (χ0v) is 32.3. The molecule has 0 aliphatic carbocycles. The monoisotopic (exact) mass is 750 g/mol. The fraction of sp³-hybridized carbons (Fsp3) is 0.550. The SMILES string of the molecule is COC1CCN(c2nccc(Nc3cc4c(cn3)c(N3CCC(N5CCN(Cc6ccccc6NC6CCC(=O)NC6=O)CC5)CC3)nn4C(C)C)n2)CC1. The summed E-state index contributed by atoms with van der Waals surface area (Å²) in [7, 11) is 1.78. The summed E-state index contributed by atoms with van der Waals surface area (Å²) in [4.78, 5) is 48.0. The third-order valence-electron chi connectivity index (χ3n) is 11.7. The molecule has 3 aromatic heterocycles. The molecule has 4 saturated heterocycles. The summed E-state index contributed by atoms with van der Waals surface area (Å²) in [5.74, 6) is 2.75. The molecule has 1 unspecified atom stereocenters. The summed E-state index contributed by atoms with van der Waals surface area (Å²) < 4.78 is 7.65. The van der Waals surface area contributed by atoms with Gasteiger partial charge in [-0.15, -0.1) is 0 Å². The lowest BCUT2D eigenvalue weighted by Crippen LogP contribution is -2.53. The van der Waals surface area contributed by atoms with Crippen molar-refractivity contribution in [1.82, 2.24) is 39.8 Å². The van der Waals surface area contributed by atoms with E-state index in [4.69, 9.17) is 19.8 Å². The van der Waals surface area contributed by atoms with Gasteiger partial charge < -0.3 is 25.2 Å². The number of amides is 2. The number of nitrogens with one attached hydrogen (secondary N) is 3. The highest BCUT2D eigenvalue weighted by Gasteiger charge is 2.31. The Labute approximate surface area is 322 Å². The lowest BCUT2D eigenvalue weighted by atomic mass is 10.0. The van der Waals surface area contributed by atoms with Crippen LogP contribution in [0.3, 0.4) is 0 Å². The molecule has 55 heavy (non-hydrogen) atoms. The highest BCUT2D eigenvalue weighted by Crippen LogP contribution is 2.33. The maximum absolute atomic E-state index is 12.4. The standard InChI is InChI=1S/C40H54N12O3/c1-27(2)52-34-24-36(44-35-10-15-41-40(45-35)51-18-13-30(55-3)14-19-51)42-25-31(34)38(47-52)50-16-11-29(12-17-50)49-22-20-48(21-23-49)26-28-6-4-5-7-32(28)43-33-8-9-37(53)46-39(33)54/h4-7,10,15,24-25,27,29-30,33,43H,8-9,11-14,16-23,26H2,1-3H3,(H,46,53,54)(H,41,42,44,45). The van der Waals surface area contributed by atoms with E-state index in [0.29, 0.717) is 25.0 Å². The first-order valence-corrected chi connectivity index (χ1v) is 20.0. The van der Waals surface area contributed by atoms with Crippen LogP contribution in [0.25, 0.3) is 10.9 Å². The number of nitrogens with zero attached hydrogens (tertiary/aromatic N) is 9. The average molecular weight is 751 g/mol. The number of carbonyl (C=O) groups is 2. The molecule has 4 aromatic rings. The molecular formula is C40H54N12O3. The lowest BCUT2D eigenvalue weighted by molar-refractivity contribution is -0.133. The Bertz CT molecular complexity index is 1960. The number of piperazine rings is 1. The summed E-state index contributed by atoms with van der Waals surface area (Å²) in [5.41, 5.74) is 3.21. The van der Waals surface area contributed by atoms with E-state index in [9.17, 15) is 9.59 Å². The van der Waals surface area contributed by atoms with Crippen molar-refractivity contribution in [3.8, 4) is 0 Å². The van der Waals surface area contributed by atoms with Gasteiger partial charge in [0.25, 0.3) is 0 Å². The van der Waals surface area contributed by atoms with E-state index in [-0.39, 0.29) is 23.9 Å². The van der Waals surface area contributed by atoms with Crippen LogP contribution in [0.5, 0.6) is 0 Å². The van der Waals surface area contributed by atoms with Crippen LogP contribution in [0.1, 0.15) is 64.0 Å². The lowest BCUT2D eigenvalue weighted by Gasteiger charge is -2.43. The first-order valence-electron chi connectivity index (χ1n) is 20.0. The molecular weight excluding hydrogens is 697 g/mol. The molecule has 0 saturated carbocycles. The van der Waals surface area contributed by atoms with Gasteiger partial charge in [-0.25, -0.2) is 9.97 Å². The van der Waals surface area contributed by atoms with Crippen LogP contribution in [0.4, 0.5) is 29.1 Å². The Morgan fingerprint density at radius 2 is 1.65 bits per heavy atom. The normalized spacial score (nSPS) is 21.1. The molecule has 4 aliphatic heterocycles. The topological polar surface area (TPSA) is 149 Å². The van der Waals surface area contributed by atoms with E-state index >= 15 is 0 Å². The van der Waals surface area contributed by atoms with E-state index in [1.807, 2.05) is 24.4 Å². The van der Waals surface area contributed by atoms with Crippen LogP contribution in [-0.2, 0) is 20.9 Å². The molecule has 7 heterocycles. The number of benzene rings is 1. The van der Waals surface area contributed by atoms with Crippen molar-refractivity contribution in [2.45, 2.75) is 83.1 Å². The quantitative estimate of drug-likeness (QED) is 0.189. The summed E-state index contributed by atoms with van der Waals surface area (Å²) in [6, 6.07) is 12.6. The Morgan fingerprint density at radius 3 is 2.40 bits per heavy atom. The number of fused-ring (bicyclic) bond motifs is 1. The Kier molecular flexibility index (Phi) is 11.1. The zero-order valence-electron chi connectivity index (χ0n) is 32.3. The van der Waals surface area contributed by atoms with Gasteiger partial charge in [0.15, 0.2) is 5.82 Å². The smallest absolute Gasteiger partial charge is 0.249 e. The summed E-state index contributed by atoms with van der Waals surface area (Å²) >= 11 is 0. The van der Waals surface area contributed by atoms with Gasteiger partial charge in [-0.3, -0.25) is 29.4 Å². The van der Waals surface area contributed by atoms with E-state index in [1.165, 1.54) is 5.56 Å². The van der Waals surface area contributed by atoms with Gasteiger partial charge in [0, 0.05) is 109 Å². The molecule has 3 N–H and O–H groups in total. The minimum absolute atomic E-state index is 0.195. The Balaban J connectivity index is 0.862. The van der Waals surface area contributed by atoms with E-state index < -0.39 is 0 Å². The molecule has 4 aliphatic rings. The van der Waals surface area contributed by atoms with Crippen molar-refractivity contribution >= 4 is 51.8 Å². The van der Waals surface area contributed by atoms with Crippen molar-refractivity contribution in [1.29, 1.82) is 0 Å². The average Bonchev–Trinajstić information content (AvgIpc) is 3.59. The number of rotatable bonds is 11. The maximum atomic E-state index is 12.4. The van der Waals surface area contributed by atoms with Gasteiger partial charge in [-0.05, 0) is 63.6 Å². The van der Waals surface area contributed by atoms with Gasteiger partial charge in [0.05, 0.1) is 17.0 Å². The largest absolute Gasteiger partial charge is 0.381 e. The second-order valence-electron chi connectivity index (χ2n) is 15.6. The number of aromatic nitrogens is 5. The van der Waals surface area contributed by atoms with Crippen LogP contribution >= 0.6 is 0 Å². The fourth-order valence-electron chi connectivity index (χ4n) is 8.49. The van der Waals surface area contributed by atoms with Gasteiger partial charge in [0.1, 0.15) is 17.7 Å². The number of piperidine rings is 3. The van der Waals surface area contributed by atoms with Crippen LogP contribution in [0.2, 0.25) is 0 Å². The van der Waals surface area contributed by atoms with Crippen LogP contribution in [-0.4, -0.2) is 124 Å². The predicted molar refractivity (Wildman–Crippen MR) is 214 cm³/mol. The second kappa shape index (κ2) is 16.5. The molecule has 1 aromatic carbocycles. The molecule has 15 nitrogen and oxygen atoms in total. The maximum Gasteiger partial charge on any atom is 0.249 e. The molecule has 0 bridgehead atoms. The Hall–Kier alpha value is -4.86. The predicted octanol–water partition coefficient (Wildman–Crippen LogP) is 4.16. The highest BCUT2D eigenvalue weighted by atomic mass is 16.5. The number of pyridine rings is 1. The number of methoxy groups -OCH3 is 1. The van der Waals surface area contributed by atoms with Gasteiger partial charge in [-0.2, -0.15) is 10.1 Å². The summed E-state index contributed by atoms with van der Waals surface area (Å²) in [6.45, 7) is 12.9. The summed E-state index contributed by atoms with van der Waals surface area (Å²) in [6.07, 6.45) is 9.08. The molecule has 292 valence electrons. The second-order valence-corrected chi connectivity index (χ2v) is 15.6. The molecule has 0 radical (unpaired) electrons. The molecule has 2 amide bonds. The van der Waals surface area contributed by atoms with Crippen molar-refractivity contribution in [3.05, 3.63) is 54.4 Å². The number of imide groups is 1. The fourth-order valence-corrected chi connectivity index (χ4v) is 8.49. The first kappa shape index (κ1) is 37.1. The summed E-state index contributed by atoms with van der Waals surface area (Å²) in [5, 5.41) is 15.5. The van der Waals surface area contributed by atoms with Crippen LogP contribution in [0.15, 0.2) is 48.8 Å². The van der Waals surface area contributed by atoms with Crippen molar-refractivity contribution in [2.24, 2.45) is 0 Å². The van der Waals surface area contributed by atoms with Gasteiger partial charge in [-0.1, -0.05) is 18.2 Å². The van der Waals surface area contributed by atoms with Crippen LogP contribution in [0, 0.1) is 0 Å². The van der Waals surface area contributed by atoms with Gasteiger partial charge >= 0.3 is 0 Å². The molecule has 15 heteroatoms. The highest BCUT2D eigenvalue weighted by molar-refractivity contribution is 6.01. The molecule has 1 atom stereocenters. The molecule has 0 spiro atoms. The Morgan fingerprint density at radius 1 is 0.891 bits per heavy atom. The van der Waals surface area contributed by atoms with Crippen molar-refractivity contribution in [3.63, 3.8) is 0 Å². The zero-order chi connectivity index (χ0) is 37.9. The third kappa shape index (κ3) is 8.38. The number of ether oxygens (including phenoxy) is 1. The van der Waals surface area contributed by atoms with Crippen molar-refractivity contribution < 1.29 is 14.3 Å². The van der Waals surface area contributed by atoms with E-state index in [1.54, 1.807) is 13.3 Å². The third-order valence-corrected chi connectivity index (χ3v) is 11.7. The number of hydrogen-bond acceptors (Lipinski definition) is 13. The van der Waals surface area contributed by atoms with Crippen molar-refractivity contribution in [2.75, 3.05) is 79.9 Å². The van der Waals surface area contributed by atoms with E-state index in [2.05, 4.69) is 77.3 Å². The number of para-hydroxylation sites is 1. The minimum atomic E-state index is -0.386. The molecule has 8 rings (SSSR count). The number of anilines is 5. The van der Waals surface area contributed by atoms with Crippen LogP contribution < -0.4 is 25.8 Å².